The molecule has 2 unspecified atom stereocenters. The lowest BCUT2D eigenvalue weighted by Gasteiger charge is -2.24. The van der Waals surface area contributed by atoms with Crippen molar-refractivity contribution in [3.63, 3.8) is 0 Å². The summed E-state index contributed by atoms with van der Waals surface area (Å²) >= 11 is 8.30. The van der Waals surface area contributed by atoms with Crippen molar-refractivity contribution < 1.29 is 0 Å². The molecule has 0 radical (unpaired) electrons. The molecule has 106 valence electrons. The average molecular weight is 308 g/mol. The molecule has 1 aliphatic rings. The molecule has 5 heteroatoms. The van der Waals surface area contributed by atoms with E-state index in [1.807, 2.05) is 23.5 Å². The number of benzene rings is 1. The number of hydrogen-bond donors (Lipinski definition) is 1. The summed E-state index contributed by atoms with van der Waals surface area (Å²) < 4.78 is 2.00. The van der Waals surface area contributed by atoms with Crippen LogP contribution in [0.2, 0.25) is 5.02 Å². The Morgan fingerprint density at radius 3 is 3.05 bits per heavy atom. The summed E-state index contributed by atoms with van der Waals surface area (Å²) in [6.45, 7) is 2.93. The molecule has 2 heterocycles. The number of hydrogen-bond acceptors (Lipinski definition) is 3. The lowest BCUT2D eigenvalue weighted by molar-refractivity contribution is 0.464. The third-order valence-corrected chi connectivity index (χ3v) is 5.38. The predicted molar refractivity (Wildman–Crippen MR) is 84.6 cm³/mol. The van der Waals surface area contributed by atoms with Crippen LogP contribution >= 0.6 is 23.4 Å². The third kappa shape index (κ3) is 2.26. The average Bonchev–Trinajstić information content (AvgIpc) is 3.06. The van der Waals surface area contributed by atoms with Gasteiger partial charge in [-0.1, -0.05) is 29.8 Å². The summed E-state index contributed by atoms with van der Waals surface area (Å²) in [6, 6.07) is 8.84. The first-order valence-corrected chi connectivity index (χ1v) is 8.22. The van der Waals surface area contributed by atoms with Crippen molar-refractivity contribution in [2.24, 2.45) is 0 Å². The number of rotatable bonds is 4. The second-order valence-corrected chi connectivity index (χ2v) is 6.38. The molecule has 0 fully saturated rings. The van der Waals surface area contributed by atoms with Gasteiger partial charge in [0.05, 0.1) is 23.0 Å². The molecule has 0 saturated carbocycles. The van der Waals surface area contributed by atoms with Gasteiger partial charge in [0.25, 0.3) is 0 Å². The summed E-state index contributed by atoms with van der Waals surface area (Å²) in [7, 11) is 2.00. The lowest BCUT2D eigenvalue weighted by atomic mass is 9.91. The van der Waals surface area contributed by atoms with Crippen molar-refractivity contribution >= 4 is 23.4 Å². The van der Waals surface area contributed by atoms with E-state index in [9.17, 15) is 0 Å². The first kappa shape index (κ1) is 14.0. The van der Waals surface area contributed by atoms with Crippen molar-refractivity contribution in [2.45, 2.75) is 30.3 Å². The van der Waals surface area contributed by atoms with Gasteiger partial charge in [-0.25, -0.2) is 0 Å². The van der Waals surface area contributed by atoms with E-state index in [2.05, 4.69) is 41.6 Å². The van der Waals surface area contributed by atoms with Crippen LogP contribution in [0, 0.1) is 0 Å². The Morgan fingerprint density at radius 2 is 2.30 bits per heavy atom. The first-order valence-electron chi connectivity index (χ1n) is 6.86. The highest BCUT2D eigenvalue weighted by molar-refractivity contribution is 7.99. The summed E-state index contributed by atoms with van der Waals surface area (Å²) in [5, 5.41) is 8.56. The monoisotopic (exact) mass is 307 g/mol. The molecule has 1 aliphatic heterocycles. The molecule has 3 rings (SSSR count). The maximum atomic E-state index is 6.37. The maximum Gasteiger partial charge on any atom is 0.0834 e. The minimum atomic E-state index is 0.195. The summed E-state index contributed by atoms with van der Waals surface area (Å²) in [5.74, 6) is 1.51. The molecule has 0 amide bonds. The maximum absolute atomic E-state index is 6.37. The Bertz CT molecular complexity index is 611. The van der Waals surface area contributed by atoms with Crippen molar-refractivity contribution in [3.8, 4) is 0 Å². The molecule has 0 bridgehead atoms. The number of fused-ring (bicyclic) bond motifs is 1. The second-order valence-electron chi connectivity index (χ2n) is 4.92. The Balaban J connectivity index is 2.01. The van der Waals surface area contributed by atoms with Crippen LogP contribution < -0.4 is 5.32 Å². The number of likely N-dealkylation sites (N-methyl/N-ethyl adjacent to an activating group) is 1. The second kappa shape index (κ2) is 5.80. The van der Waals surface area contributed by atoms with Gasteiger partial charge in [-0.3, -0.25) is 4.68 Å². The topological polar surface area (TPSA) is 29.9 Å². The van der Waals surface area contributed by atoms with Gasteiger partial charge in [0.2, 0.25) is 0 Å². The summed E-state index contributed by atoms with van der Waals surface area (Å²) in [6.07, 6.45) is 1.75. The predicted octanol–water partition coefficient (Wildman–Crippen LogP) is 3.71. The van der Waals surface area contributed by atoms with Crippen molar-refractivity contribution in [2.75, 3.05) is 12.8 Å². The highest BCUT2D eigenvalue weighted by Crippen LogP contribution is 2.46. The molecule has 1 aromatic heterocycles. The lowest BCUT2D eigenvalue weighted by Crippen LogP contribution is -2.27. The Kier molecular flexibility index (Phi) is 4.06. The number of aryl methyl sites for hydroxylation is 1. The van der Waals surface area contributed by atoms with Gasteiger partial charge in [0, 0.05) is 23.1 Å². The summed E-state index contributed by atoms with van der Waals surface area (Å²) in [5.41, 5.74) is 2.51. The van der Waals surface area contributed by atoms with E-state index in [4.69, 9.17) is 11.6 Å². The first-order chi connectivity index (χ1) is 9.76. The molecule has 0 spiro atoms. The quantitative estimate of drug-likeness (QED) is 0.934. The van der Waals surface area contributed by atoms with Gasteiger partial charge in [0.15, 0.2) is 0 Å². The minimum Gasteiger partial charge on any atom is -0.311 e. The fourth-order valence-corrected chi connectivity index (χ4v) is 4.48. The minimum absolute atomic E-state index is 0.195. The molecular formula is C15H18ClN3S. The zero-order valence-electron chi connectivity index (χ0n) is 11.6. The zero-order chi connectivity index (χ0) is 14.1. The molecule has 0 aliphatic carbocycles. The van der Waals surface area contributed by atoms with Crippen LogP contribution in [0.3, 0.4) is 0 Å². The van der Waals surface area contributed by atoms with Gasteiger partial charge in [0.1, 0.15) is 0 Å². The van der Waals surface area contributed by atoms with Crippen molar-refractivity contribution in [1.29, 1.82) is 0 Å². The van der Waals surface area contributed by atoms with Gasteiger partial charge in [-0.2, -0.15) is 5.10 Å². The molecule has 2 aromatic rings. The molecule has 1 N–H and O–H groups in total. The number of halogens is 1. The molecule has 0 saturated heterocycles. The summed E-state index contributed by atoms with van der Waals surface area (Å²) in [4.78, 5) is 1.39. The molecule has 3 nitrogen and oxygen atoms in total. The zero-order valence-corrected chi connectivity index (χ0v) is 13.2. The molecule has 2 atom stereocenters. The van der Waals surface area contributed by atoms with Gasteiger partial charge < -0.3 is 5.32 Å². The standard InChI is InChI=1S/C15H18ClN3S/c1-3-19-15(12(16)8-18-19)14(17-2)11-9-20-13-7-5-4-6-10(11)13/h4-8,11,14,17H,3,9H2,1-2H3. The third-order valence-electron chi connectivity index (χ3n) is 3.88. The number of thioether (sulfide) groups is 1. The number of nitrogens with one attached hydrogen (secondary N) is 1. The van der Waals surface area contributed by atoms with E-state index in [1.165, 1.54) is 10.5 Å². The number of aromatic nitrogens is 2. The Hall–Kier alpha value is -0.970. The molecule has 1 aromatic carbocycles. The SMILES string of the molecule is CCn1ncc(Cl)c1C(NC)C1CSc2ccccc21. The Labute approximate surface area is 128 Å². The number of nitrogens with zero attached hydrogens (tertiary/aromatic N) is 2. The van der Waals surface area contributed by atoms with Crippen molar-refractivity contribution in [1.82, 2.24) is 15.1 Å². The van der Waals surface area contributed by atoms with Gasteiger partial charge in [-0.05, 0) is 25.6 Å². The van der Waals surface area contributed by atoms with Crippen LogP contribution in [0.4, 0.5) is 0 Å². The fourth-order valence-electron chi connectivity index (χ4n) is 2.92. The van der Waals surface area contributed by atoms with Crippen LogP contribution in [-0.2, 0) is 6.54 Å². The van der Waals surface area contributed by atoms with Gasteiger partial charge in [-0.15, -0.1) is 11.8 Å². The van der Waals surface area contributed by atoms with E-state index < -0.39 is 0 Å². The van der Waals surface area contributed by atoms with E-state index in [0.717, 1.165) is 23.0 Å². The van der Waals surface area contributed by atoms with E-state index in [1.54, 1.807) is 6.20 Å². The molecule has 20 heavy (non-hydrogen) atoms. The fraction of sp³-hybridized carbons (Fsp3) is 0.400. The highest BCUT2D eigenvalue weighted by Gasteiger charge is 2.33. The van der Waals surface area contributed by atoms with Gasteiger partial charge >= 0.3 is 0 Å². The van der Waals surface area contributed by atoms with Crippen LogP contribution in [-0.4, -0.2) is 22.6 Å². The van der Waals surface area contributed by atoms with Crippen LogP contribution in [0.15, 0.2) is 35.4 Å². The van der Waals surface area contributed by atoms with E-state index in [0.29, 0.717) is 5.92 Å². The Morgan fingerprint density at radius 1 is 1.50 bits per heavy atom. The molecular weight excluding hydrogens is 290 g/mol. The largest absolute Gasteiger partial charge is 0.311 e. The van der Waals surface area contributed by atoms with Crippen LogP contribution in [0.25, 0.3) is 0 Å². The van der Waals surface area contributed by atoms with Crippen LogP contribution in [0.1, 0.15) is 30.1 Å². The van der Waals surface area contributed by atoms with E-state index >= 15 is 0 Å². The highest BCUT2D eigenvalue weighted by atomic mass is 35.5. The van der Waals surface area contributed by atoms with Crippen molar-refractivity contribution in [3.05, 3.63) is 46.7 Å². The normalized spacial score (nSPS) is 19.1. The van der Waals surface area contributed by atoms with E-state index in [-0.39, 0.29) is 6.04 Å². The van der Waals surface area contributed by atoms with Crippen LogP contribution in [0.5, 0.6) is 0 Å². The smallest absolute Gasteiger partial charge is 0.0834 e.